The van der Waals surface area contributed by atoms with Gasteiger partial charge in [-0.25, -0.2) is 4.39 Å². The third kappa shape index (κ3) is 6.87. The van der Waals surface area contributed by atoms with Crippen LogP contribution in [-0.4, -0.2) is 42.0 Å². The van der Waals surface area contributed by atoms with Crippen LogP contribution < -0.4 is 9.64 Å². The first-order valence-electron chi connectivity index (χ1n) is 13.1. The van der Waals surface area contributed by atoms with Crippen molar-refractivity contribution < 1.29 is 19.0 Å². The zero-order valence-electron chi connectivity index (χ0n) is 22.7. The number of rotatable bonds is 10. The predicted octanol–water partition coefficient (Wildman–Crippen LogP) is 6.93. The second-order valence-electron chi connectivity index (χ2n) is 10.8. The van der Waals surface area contributed by atoms with Crippen molar-refractivity contribution in [2.75, 3.05) is 30.9 Å². The number of halogens is 1. The maximum atomic E-state index is 13.1. The van der Waals surface area contributed by atoms with Crippen LogP contribution in [0.2, 0.25) is 0 Å². The number of hydrogen-bond acceptors (Lipinski definition) is 5. The number of thioether (sulfide) groups is 1. The van der Waals surface area contributed by atoms with Gasteiger partial charge in [-0.05, 0) is 66.8 Å². The fourth-order valence-electron chi connectivity index (χ4n) is 5.03. The second kappa shape index (κ2) is 12.2. The van der Waals surface area contributed by atoms with E-state index in [1.54, 1.807) is 23.9 Å². The Labute approximate surface area is 229 Å². The molecule has 4 rings (SSSR count). The highest BCUT2D eigenvalue weighted by molar-refractivity contribution is 7.97. The van der Waals surface area contributed by atoms with Crippen molar-refractivity contribution >= 4 is 23.4 Å². The molecule has 2 aromatic carbocycles. The largest absolute Gasteiger partial charge is 0.493 e. The molecule has 38 heavy (non-hydrogen) atoms. The number of aryl methyl sites for hydroxylation is 1. The molecule has 7 heteroatoms. The summed E-state index contributed by atoms with van der Waals surface area (Å²) in [4.78, 5) is 19.2. The molecule has 0 spiro atoms. The zero-order chi connectivity index (χ0) is 27.3. The molecule has 202 valence electrons. The summed E-state index contributed by atoms with van der Waals surface area (Å²) in [5.41, 5.74) is 6.94. The Morgan fingerprint density at radius 1 is 1.11 bits per heavy atom. The highest BCUT2D eigenvalue weighted by Crippen LogP contribution is 2.42. The number of carboxylic acid groups (broad SMARTS) is 1. The van der Waals surface area contributed by atoms with Crippen molar-refractivity contribution in [2.45, 2.75) is 52.2 Å². The summed E-state index contributed by atoms with van der Waals surface area (Å²) < 4.78 is 19.1. The molecular weight excluding hydrogens is 499 g/mol. The Morgan fingerprint density at radius 3 is 2.37 bits per heavy atom. The van der Waals surface area contributed by atoms with E-state index in [-0.39, 0.29) is 17.7 Å². The van der Waals surface area contributed by atoms with Crippen LogP contribution in [0.15, 0.2) is 48.5 Å². The summed E-state index contributed by atoms with van der Waals surface area (Å²) in [7, 11) is 0. The van der Waals surface area contributed by atoms with E-state index in [9.17, 15) is 14.3 Å². The predicted molar refractivity (Wildman–Crippen MR) is 154 cm³/mol. The number of piperidine rings is 1. The molecule has 5 nitrogen and oxygen atoms in total. The van der Waals surface area contributed by atoms with E-state index < -0.39 is 5.97 Å². The van der Waals surface area contributed by atoms with Crippen LogP contribution in [0.1, 0.15) is 49.2 Å². The Bertz CT molecular complexity index is 1250. The maximum absolute atomic E-state index is 13.1. The normalized spacial score (nSPS) is 14.9. The molecule has 2 heterocycles. The van der Waals surface area contributed by atoms with Crippen LogP contribution in [0.25, 0.3) is 11.1 Å². The first-order valence-corrected chi connectivity index (χ1v) is 14.5. The van der Waals surface area contributed by atoms with Crippen molar-refractivity contribution in [3.05, 3.63) is 76.9 Å². The van der Waals surface area contributed by atoms with Gasteiger partial charge in [0.2, 0.25) is 0 Å². The monoisotopic (exact) mass is 536 g/mol. The molecule has 1 aliphatic heterocycles. The summed E-state index contributed by atoms with van der Waals surface area (Å²) in [5, 5.41) is 9.76. The number of aromatic nitrogens is 1. The van der Waals surface area contributed by atoms with Gasteiger partial charge in [0.25, 0.3) is 0 Å². The van der Waals surface area contributed by atoms with E-state index in [1.165, 1.54) is 12.1 Å². The minimum absolute atomic E-state index is 0.0504. The molecule has 0 saturated carbocycles. The molecule has 0 amide bonds. The number of carbonyl (C=O) groups is 1. The summed E-state index contributed by atoms with van der Waals surface area (Å²) in [5.74, 6) is 0.415. The van der Waals surface area contributed by atoms with Gasteiger partial charge in [0, 0.05) is 42.1 Å². The fraction of sp³-hybridized carbons (Fsp3) is 0.419. The van der Waals surface area contributed by atoms with Crippen LogP contribution in [0.4, 0.5) is 10.1 Å². The topological polar surface area (TPSA) is 62.7 Å². The number of pyridine rings is 1. The van der Waals surface area contributed by atoms with Crippen LogP contribution in [0, 0.1) is 18.2 Å². The minimum atomic E-state index is -0.845. The molecule has 0 unspecified atom stereocenters. The average Bonchev–Trinajstić information content (AvgIpc) is 2.87. The number of benzene rings is 2. The summed E-state index contributed by atoms with van der Waals surface area (Å²) in [6.07, 6.45) is 4.81. The smallest absolute Gasteiger partial charge is 0.307 e. The molecule has 3 aromatic rings. The lowest BCUT2D eigenvalue weighted by atomic mass is 9.82. The van der Waals surface area contributed by atoms with E-state index >= 15 is 0 Å². The lowest BCUT2D eigenvalue weighted by Crippen LogP contribution is -2.38. The first-order chi connectivity index (χ1) is 18.2. The second-order valence-corrected chi connectivity index (χ2v) is 11.6. The van der Waals surface area contributed by atoms with Crippen LogP contribution in [-0.2, 0) is 23.4 Å². The third-order valence-electron chi connectivity index (χ3n) is 7.31. The zero-order valence-corrected chi connectivity index (χ0v) is 23.5. The van der Waals surface area contributed by atoms with Gasteiger partial charge in [0.05, 0.1) is 24.4 Å². The number of ether oxygens (including phenoxy) is 1. The van der Waals surface area contributed by atoms with Gasteiger partial charge in [-0.1, -0.05) is 38.1 Å². The molecule has 1 saturated heterocycles. The number of carboxylic acids is 1. The number of nitrogens with zero attached hydrogens (tertiary/aromatic N) is 2. The lowest BCUT2D eigenvalue weighted by molar-refractivity contribution is -0.136. The number of anilines is 1. The molecule has 0 atom stereocenters. The van der Waals surface area contributed by atoms with E-state index in [0.717, 1.165) is 76.8 Å². The van der Waals surface area contributed by atoms with Crippen LogP contribution in [0.3, 0.4) is 0 Å². The molecule has 0 radical (unpaired) electrons. The Hall–Kier alpha value is -3.06. The van der Waals surface area contributed by atoms with Crippen LogP contribution >= 0.6 is 11.8 Å². The van der Waals surface area contributed by atoms with Gasteiger partial charge in [0.15, 0.2) is 0 Å². The molecule has 1 fully saturated rings. The number of aliphatic carboxylic acids is 1. The van der Waals surface area contributed by atoms with Gasteiger partial charge >= 0.3 is 5.97 Å². The van der Waals surface area contributed by atoms with E-state index in [0.29, 0.717) is 13.0 Å². The highest BCUT2D eigenvalue weighted by atomic mass is 32.2. The molecule has 1 aromatic heterocycles. The SMILES string of the molecule is CSCc1nc(C)c(CC(=O)O)c(N2CCC(C)(C)CC2)c1-c1ccc(OCCc2ccc(F)cc2)cc1. The molecule has 1 aliphatic rings. The van der Waals surface area contributed by atoms with E-state index in [1.807, 2.05) is 31.2 Å². The van der Waals surface area contributed by atoms with Crippen molar-refractivity contribution in [3.8, 4) is 16.9 Å². The van der Waals surface area contributed by atoms with Crippen molar-refractivity contribution in [1.29, 1.82) is 0 Å². The Morgan fingerprint density at radius 2 is 1.76 bits per heavy atom. The lowest BCUT2D eigenvalue weighted by Gasteiger charge is -2.40. The van der Waals surface area contributed by atoms with Crippen molar-refractivity contribution in [2.24, 2.45) is 5.41 Å². The minimum Gasteiger partial charge on any atom is -0.493 e. The van der Waals surface area contributed by atoms with Crippen LogP contribution in [0.5, 0.6) is 5.75 Å². The average molecular weight is 537 g/mol. The standard InChI is InChI=1S/C31H37FN2O3S/c1-21-26(19-28(35)36)30(34-16-14-31(2,3)15-17-34)29(27(33-21)20-38-4)23-7-11-25(12-8-23)37-18-13-22-5-9-24(32)10-6-22/h5-12H,13-20H2,1-4H3,(H,35,36). The van der Waals surface area contributed by atoms with Gasteiger partial charge in [-0.3, -0.25) is 9.78 Å². The third-order valence-corrected chi connectivity index (χ3v) is 7.87. The number of hydrogen-bond donors (Lipinski definition) is 1. The summed E-state index contributed by atoms with van der Waals surface area (Å²) in [6, 6.07) is 14.5. The van der Waals surface area contributed by atoms with E-state index in [2.05, 4.69) is 25.0 Å². The molecule has 0 bridgehead atoms. The van der Waals surface area contributed by atoms with Crippen molar-refractivity contribution in [3.63, 3.8) is 0 Å². The summed E-state index contributed by atoms with van der Waals surface area (Å²) in [6.45, 7) is 8.80. The fourth-order valence-corrected chi connectivity index (χ4v) is 5.51. The highest BCUT2D eigenvalue weighted by Gasteiger charge is 2.30. The quantitative estimate of drug-likeness (QED) is 0.303. The van der Waals surface area contributed by atoms with Gasteiger partial charge in [-0.2, -0.15) is 11.8 Å². The molecule has 0 aliphatic carbocycles. The molecule has 1 N–H and O–H groups in total. The van der Waals surface area contributed by atoms with E-state index in [4.69, 9.17) is 9.72 Å². The Kier molecular flexibility index (Phi) is 8.98. The first kappa shape index (κ1) is 28.0. The summed E-state index contributed by atoms with van der Waals surface area (Å²) >= 11 is 1.71. The Balaban J connectivity index is 1.66. The van der Waals surface area contributed by atoms with Crippen molar-refractivity contribution in [1.82, 2.24) is 4.98 Å². The van der Waals surface area contributed by atoms with Gasteiger partial charge in [0.1, 0.15) is 11.6 Å². The van der Waals surface area contributed by atoms with Gasteiger partial charge in [-0.15, -0.1) is 0 Å². The maximum Gasteiger partial charge on any atom is 0.307 e. The molecular formula is C31H37FN2O3S. The van der Waals surface area contributed by atoms with Gasteiger partial charge < -0.3 is 14.7 Å².